The van der Waals surface area contributed by atoms with Gasteiger partial charge in [-0.05, 0) is 67.2 Å². The molecule has 0 unspecified atom stereocenters. The molecule has 0 aliphatic heterocycles. The van der Waals surface area contributed by atoms with Crippen molar-refractivity contribution in [1.29, 1.82) is 10.5 Å². The number of benzene rings is 2. The number of ether oxygens (including phenoxy) is 1. The summed E-state index contributed by atoms with van der Waals surface area (Å²) in [5, 5.41) is 20.0. The first-order chi connectivity index (χ1) is 16.2. The lowest BCUT2D eigenvalue weighted by molar-refractivity contribution is 0.302. The highest BCUT2D eigenvalue weighted by Gasteiger charge is 2.26. The molecule has 0 atom stereocenters. The first-order valence-electron chi connectivity index (χ1n) is 12.9. The molecule has 2 aromatic carbocycles. The van der Waals surface area contributed by atoms with Crippen LogP contribution in [0.25, 0.3) is 11.1 Å². The minimum atomic E-state index is 0.391. The molecule has 0 aromatic heterocycles. The van der Waals surface area contributed by atoms with Gasteiger partial charge in [0.2, 0.25) is 0 Å². The summed E-state index contributed by atoms with van der Waals surface area (Å²) >= 11 is 0. The highest BCUT2D eigenvalue weighted by Crippen LogP contribution is 2.41. The van der Waals surface area contributed by atoms with Crippen molar-refractivity contribution in [2.45, 2.75) is 90.4 Å². The van der Waals surface area contributed by atoms with Crippen LogP contribution in [0.4, 0.5) is 0 Å². The Hall–Kier alpha value is -2.78. The third-order valence-electron chi connectivity index (χ3n) is 7.15. The van der Waals surface area contributed by atoms with E-state index in [4.69, 9.17) is 4.74 Å². The van der Waals surface area contributed by atoms with E-state index in [0.29, 0.717) is 23.7 Å². The molecule has 0 amide bonds. The van der Waals surface area contributed by atoms with Crippen molar-refractivity contribution in [3.63, 3.8) is 0 Å². The third kappa shape index (κ3) is 6.61. The smallest absolute Gasteiger partial charge is 0.119 e. The van der Waals surface area contributed by atoms with Crippen molar-refractivity contribution >= 4 is 0 Å². The van der Waals surface area contributed by atoms with Crippen LogP contribution in [0.5, 0.6) is 5.75 Å². The van der Waals surface area contributed by atoms with Gasteiger partial charge in [-0.3, -0.25) is 0 Å². The van der Waals surface area contributed by atoms with Crippen molar-refractivity contribution in [1.82, 2.24) is 0 Å². The largest absolute Gasteiger partial charge is 0.494 e. The Kier molecular flexibility index (Phi) is 9.83. The van der Waals surface area contributed by atoms with Gasteiger partial charge in [0.1, 0.15) is 17.9 Å². The highest BCUT2D eigenvalue weighted by molar-refractivity contribution is 5.75. The van der Waals surface area contributed by atoms with Gasteiger partial charge in [0.25, 0.3) is 0 Å². The molecule has 0 heterocycles. The van der Waals surface area contributed by atoms with E-state index in [9.17, 15) is 10.5 Å². The number of unbranched alkanes of at least 4 members (excludes halogenated alkanes) is 4. The number of nitriles is 2. The molecule has 174 valence electrons. The lowest BCUT2D eigenvalue weighted by atomic mass is 9.75. The molecule has 2 aromatic rings. The Balaban J connectivity index is 1.72. The third-order valence-corrected chi connectivity index (χ3v) is 7.15. The minimum absolute atomic E-state index is 0.391. The molecule has 1 aliphatic rings. The lowest BCUT2D eigenvalue weighted by Crippen LogP contribution is -2.15. The summed E-state index contributed by atoms with van der Waals surface area (Å²) in [6.45, 7) is 5.12. The molecule has 0 spiro atoms. The second-order valence-electron chi connectivity index (χ2n) is 9.47. The monoisotopic (exact) mass is 442 g/mol. The van der Waals surface area contributed by atoms with Crippen LogP contribution < -0.4 is 4.74 Å². The average Bonchev–Trinajstić information content (AvgIpc) is 2.86. The van der Waals surface area contributed by atoms with E-state index in [2.05, 4.69) is 32.1 Å². The summed E-state index contributed by atoms with van der Waals surface area (Å²) in [5.41, 5.74) is 3.94. The van der Waals surface area contributed by atoms with Crippen LogP contribution in [0.1, 0.15) is 107 Å². The molecule has 0 N–H and O–H groups in total. The predicted molar refractivity (Wildman–Crippen MR) is 135 cm³/mol. The van der Waals surface area contributed by atoms with Gasteiger partial charge in [-0.2, -0.15) is 10.5 Å². The second-order valence-corrected chi connectivity index (χ2v) is 9.47. The maximum atomic E-state index is 9.99. The van der Waals surface area contributed by atoms with Crippen LogP contribution in [0.3, 0.4) is 0 Å². The van der Waals surface area contributed by atoms with Gasteiger partial charge < -0.3 is 4.74 Å². The zero-order valence-corrected chi connectivity index (χ0v) is 20.4. The van der Waals surface area contributed by atoms with Crippen molar-refractivity contribution in [3.05, 3.63) is 53.1 Å². The molecule has 1 fully saturated rings. The van der Waals surface area contributed by atoms with E-state index in [1.165, 1.54) is 44.9 Å². The maximum absolute atomic E-state index is 9.99. The van der Waals surface area contributed by atoms with E-state index in [0.717, 1.165) is 54.0 Å². The number of hydrogen-bond acceptors (Lipinski definition) is 3. The first kappa shape index (κ1) is 24.9. The normalized spacial score (nSPS) is 17.8. The van der Waals surface area contributed by atoms with Gasteiger partial charge in [-0.15, -0.1) is 0 Å². The summed E-state index contributed by atoms with van der Waals surface area (Å²) in [6, 6.07) is 16.7. The molecular formula is C30H38N2O. The van der Waals surface area contributed by atoms with Gasteiger partial charge in [0.15, 0.2) is 0 Å². The van der Waals surface area contributed by atoms with Crippen molar-refractivity contribution < 1.29 is 4.74 Å². The molecule has 0 bridgehead atoms. The predicted octanol–water partition coefficient (Wildman–Crippen LogP) is 8.52. The molecule has 3 heteroatoms. The number of hydrogen-bond donors (Lipinski definition) is 0. The summed E-state index contributed by atoms with van der Waals surface area (Å²) in [4.78, 5) is 0. The zero-order chi connectivity index (χ0) is 23.5. The first-order valence-corrected chi connectivity index (χ1v) is 12.9. The fraction of sp³-hybridized carbons (Fsp3) is 0.533. The molecule has 3 nitrogen and oxygen atoms in total. The van der Waals surface area contributed by atoms with Crippen molar-refractivity contribution in [2.24, 2.45) is 5.92 Å². The summed E-state index contributed by atoms with van der Waals surface area (Å²) < 4.78 is 5.76. The van der Waals surface area contributed by atoms with Crippen LogP contribution in [-0.2, 0) is 0 Å². The fourth-order valence-electron chi connectivity index (χ4n) is 5.12. The van der Waals surface area contributed by atoms with Crippen molar-refractivity contribution in [2.75, 3.05) is 6.61 Å². The van der Waals surface area contributed by atoms with Gasteiger partial charge in [0, 0.05) is 5.56 Å². The fourth-order valence-corrected chi connectivity index (χ4v) is 5.12. The standard InChI is InChI=1S/C30H38N2O/c1-3-5-7-8-9-23-10-12-24(13-11-23)27-18-19-28(30(22-32)29(27)21-31)25-14-16-26(17-15-25)33-20-6-4-2/h14-19,23-24H,3-13,20H2,1-2H3/t23-,24-. The van der Waals surface area contributed by atoms with Crippen LogP contribution in [0.2, 0.25) is 0 Å². The van der Waals surface area contributed by atoms with Gasteiger partial charge in [0.05, 0.1) is 17.7 Å². The molecular weight excluding hydrogens is 404 g/mol. The van der Waals surface area contributed by atoms with E-state index >= 15 is 0 Å². The average molecular weight is 443 g/mol. The quantitative estimate of drug-likeness (QED) is 0.328. The Morgan fingerprint density at radius 3 is 2.12 bits per heavy atom. The van der Waals surface area contributed by atoms with Gasteiger partial charge >= 0.3 is 0 Å². The second kappa shape index (κ2) is 13.1. The van der Waals surface area contributed by atoms with Crippen LogP contribution in [0, 0.1) is 28.6 Å². The molecule has 0 saturated heterocycles. The lowest BCUT2D eigenvalue weighted by Gasteiger charge is -2.29. The minimum Gasteiger partial charge on any atom is -0.494 e. The van der Waals surface area contributed by atoms with Gasteiger partial charge in [-0.1, -0.05) is 76.6 Å². The summed E-state index contributed by atoms with van der Waals surface area (Å²) in [5.74, 6) is 2.06. The number of nitrogens with zero attached hydrogens (tertiary/aromatic N) is 2. The zero-order valence-electron chi connectivity index (χ0n) is 20.4. The molecule has 3 rings (SSSR count). The van der Waals surface area contributed by atoms with Crippen LogP contribution in [-0.4, -0.2) is 6.61 Å². The molecule has 0 radical (unpaired) electrons. The van der Waals surface area contributed by atoms with Gasteiger partial charge in [-0.25, -0.2) is 0 Å². The highest BCUT2D eigenvalue weighted by atomic mass is 16.5. The Morgan fingerprint density at radius 2 is 1.48 bits per heavy atom. The molecule has 33 heavy (non-hydrogen) atoms. The molecule has 1 saturated carbocycles. The Labute approximate surface area is 200 Å². The van der Waals surface area contributed by atoms with E-state index in [-0.39, 0.29) is 0 Å². The number of rotatable bonds is 11. The summed E-state index contributed by atoms with van der Waals surface area (Å²) in [7, 11) is 0. The Bertz CT molecular complexity index is 957. The maximum Gasteiger partial charge on any atom is 0.119 e. The van der Waals surface area contributed by atoms with Crippen molar-refractivity contribution in [3.8, 4) is 29.0 Å². The molecule has 1 aliphatic carbocycles. The van der Waals surface area contributed by atoms with E-state index < -0.39 is 0 Å². The van der Waals surface area contributed by atoms with Crippen LogP contribution >= 0.6 is 0 Å². The topological polar surface area (TPSA) is 56.8 Å². The SMILES string of the molecule is CCCCCC[C@H]1CC[C@H](c2ccc(-c3ccc(OCCCC)cc3)c(C#N)c2C#N)CC1. The van der Waals surface area contributed by atoms with E-state index in [1.807, 2.05) is 30.3 Å². The van der Waals surface area contributed by atoms with E-state index in [1.54, 1.807) is 0 Å². The Morgan fingerprint density at radius 1 is 0.788 bits per heavy atom. The summed E-state index contributed by atoms with van der Waals surface area (Å²) in [6.07, 6.45) is 13.6. The van der Waals surface area contributed by atoms with Crippen LogP contribution in [0.15, 0.2) is 36.4 Å².